The smallest absolute Gasteiger partial charge is 0.293 e. The van der Waals surface area contributed by atoms with Gasteiger partial charge in [0.15, 0.2) is 0 Å². The summed E-state index contributed by atoms with van der Waals surface area (Å²) in [4.78, 5) is 15.2. The molecule has 1 aromatic heterocycles. The van der Waals surface area contributed by atoms with Crippen molar-refractivity contribution < 1.29 is 10.0 Å². The van der Waals surface area contributed by atoms with E-state index in [2.05, 4.69) is 10.3 Å². The van der Waals surface area contributed by atoms with Gasteiger partial charge in [-0.2, -0.15) is 0 Å². The Balaban J connectivity index is 2.06. The van der Waals surface area contributed by atoms with E-state index in [9.17, 15) is 10.1 Å². The Morgan fingerprint density at radius 3 is 2.81 bits per heavy atom. The fraction of sp³-hybridized carbons (Fsp3) is 0.500. The van der Waals surface area contributed by atoms with E-state index in [0.717, 1.165) is 40.9 Å². The van der Waals surface area contributed by atoms with Gasteiger partial charge in [-0.15, -0.1) is 11.3 Å². The van der Waals surface area contributed by atoms with Gasteiger partial charge in [-0.05, 0) is 25.8 Å². The average molecular weight is 309 g/mol. The minimum atomic E-state index is -0.359. The van der Waals surface area contributed by atoms with Crippen LogP contribution in [-0.2, 0) is 0 Å². The Bertz CT molecular complexity index is 627. The molecule has 21 heavy (non-hydrogen) atoms. The van der Waals surface area contributed by atoms with Crippen LogP contribution < -0.4 is 5.32 Å². The maximum absolute atomic E-state index is 11.2. The molecule has 0 bridgehead atoms. The SMILES string of the molecule is Cc1nc2cc(NCCCCCCO)c([N+](=O)[O-])cc2s1. The summed E-state index contributed by atoms with van der Waals surface area (Å²) in [7, 11) is 0. The molecule has 2 rings (SSSR count). The molecular formula is C14H19N3O3S. The van der Waals surface area contributed by atoms with Crippen LogP contribution in [0.3, 0.4) is 0 Å². The molecule has 0 saturated heterocycles. The Morgan fingerprint density at radius 2 is 2.10 bits per heavy atom. The molecule has 0 atom stereocenters. The van der Waals surface area contributed by atoms with Gasteiger partial charge < -0.3 is 10.4 Å². The van der Waals surface area contributed by atoms with Crippen LogP contribution in [0.2, 0.25) is 0 Å². The first-order chi connectivity index (χ1) is 10.1. The molecule has 1 aromatic carbocycles. The Morgan fingerprint density at radius 1 is 1.33 bits per heavy atom. The van der Waals surface area contributed by atoms with Crippen molar-refractivity contribution in [2.45, 2.75) is 32.6 Å². The summed E-state index contributed by atoms with van der Waals surface area (Å²) in [6, 6.07) is 3.35. The van der Waals surface area contributed by atoms with E-state index in [1.165, 1.54) is 11.3 Å². The number of hydrogen-bond acceptors (Lipinski definition) is 6. The maximum Gasteiger partial charge on any atom is 0.293 e. The number of thiazole rings is 1. The molecule has 2 N–H and O–H groups in total. The van der Waals surface area contributed by atoms with Crippen molar-refractivity contribution in [3.05, 3.63) is 27.3 Å². The molecule has 114 valence electrons. The van der Waals surface area contributed by atoms with Gasteiger partial charge >= 0.3 is 0 Å². The molecule has 0 unspecified atom stereocenters. The second-order valence-corrected chi connectivity index (χ2v) is 6.13. The van der Waals surface area contributed by atoms with E-state index < -0.39 is 0 Å². The van der Waals surface area contributed by atoms with Crippen LogP contribution in [0, 0.1) is 17.0 Å². The quantitative estimate of drug-likeness (QED) is 0.443. The predicted octanol–water partition coefficient (Wildman–Crippen LogP) is 3.48. The van der Waals surface area contributed by atoms with E-state index in [1.54, 1.807) is 12.1 Å². The number of aromatic nitrogens is 1. The minimum Gasteiger partial charge on any atom is -0.396 e. The number of benzene rings is 1. The fourth-order valence-electron chi connectivity index (χ4n) is 2.18. The van der Waals surface area contributed by atoms with E-state index in [0.29, 0.717) is 12.2 Å². The fourth-order valence-corrected chi connectivity index (χ4v) is 3.03. The number of nitro benzene ring substituents is 1. The highest BCUT2D eigenvalue weighted by atomic mass is 32.1. The number of anilines is 1. The second-order valence-electron chi connectivity index (χ2n) is 4.89. The zero-order valence-corrected chi connectivity index (χ0v) is 12.8. The third kappa shape index (κ3) is 4.12. The summed E-state index contributed by atoms with van der Waals surface area (Å²) in [5.74, 6) is 0. The zero-order chi connectivity index (χ0) is 15.2. The van der Waals surface area contributed by atoms with Crippen molar-refractivity contribution >= 4 is 32.9 Å². The van der Waals surface area contributed by atoms with Crippen molar-refractivity contribution in [1.29, 1.82) is 0 Å². The lowest BCUT2D eigenvalue weighted by Crippen LogP contribution is -2.04. The predicted molar refractivity (Wildman–Crippen MR) is 85.1 cm³/mol. The summed E-state index contributed by atoms with van der Waals surface area (Å²) in [6.07, 6.45) is 3.71. The van der Waals surface area contributed by atoms with Crippen molar-refractivity contribution in [2.24, 2.45) is 0 Å². The molecule has 0 aliphatic rings. The van der Waals surface area contributed by atoms with Crippen LogP contribution in [0.4, 0.5) is 11.4 Å². The van der Waals surface area contributed by atoms with Gasteiger partial charge in [0, 0.05) is 19.2 Å². The molecule has 0 radical (unpaired) electrons. The number of unbranched alkanes of at least 4 members (excludes halogenated alkanes) is 3. The van der Waals surface area contributed by atoms with E-state index in [1.807, 2.05) is 6.92 Å². The second kappa shape index (κ2) is 7.33. The molecule has 0 aliphatic carbocycles. The highest BCUT2D eigenvalue weighted by Gasteiger charge is 2.16. The van der Waals surface area contributed by atoms with Crippen LogP contribution in [-0.4, -0.2) is 28.2 Å². The average Bonchev–Trinajstić information content (AvgIpc) is 2.80. The lowest BCUT2D eigenvalue weighted by atomic mass is 10.2. The van der Waals surface area contributed by atoms with Gasteiger partial charge in [-0.1, -0.05) is 12.8 Å². The largest absolute Gasteiger partial charge is 0.396 e. The summed E-state index contributed by atoms with van der Waals surface area (Å²) < 4.78 is 0.840. The molecule has 1 heterocycles. The van der Waals surface area contributed by atoms with Crippen LogP contribution in [0.25, 0.3) is 10.2 Å². The Labute approximate surface area is 127 Å². The number of fused-ring (bicyclic) bond motifs is 1. The van der Waals surface area contributed by atoms with Gasteiger partial charge in [0.25, 0.3) is 5.69 Å². The normalized spacial score (nSPS) is 11.0. The first-order valence-corrected chi connectivity index (χ1v) is 7.84. The third-order valence-corrected chi connectivity index (χ3v) is 4.14. The number of aliphatic hydroxyl groups excluding tert-OH is 1. The van der Waals surface area contributed by atoms with Gasteiger partial charge in [0.05, 0.1) is 20.1 Å². The number of rotatable bonds is 8. The molecule has 2 aromatic rings. The van der Waals surface area contributed by atoms with Crippen LogP contribution >= 0.6 is 11.3 Å². The van der Waals surface area contributed by atoms with Gasteiger partial charge in [-0.25, -0.2) is 4.98 Å². The molecular weight excluding hydrogens is 290 g/mol. The van der Waals surface area contributed by atoms with Crippen LogP contribution in [0.5, 0.6) is 0 Å². The molecule has 0 spiro atoms. The van der Waals surface area contributed by atoms with Gasteiger partial charge in [0.1, 0.15) is 5.69 Å². The number of nitrogens with one attached hydrogen (secondary N) is 1. The van der Waals surface area contributed by atoms with Crippen molar-refractivity contribution in [1.82, 2.24) is 4.98 Å². The Kier molecular flexibility index (Phi) is 5.46. The topological polar surface area (TPSA) is 88.3 Å². The Hall–Kier alpha value is -1.73. The molecule has 6 nitrogen and oxygen atoms in total. The summed E-state index contributed by atoms with van der Waals surface area (Å²) in [6.45, 7) is 2.80. The molecule has 0 aliphatic heterocycles. The zero-order valence-electron chi connectivity index (χ0n) is 12.0. The summed E-state index contributed by atoms with van der Waals surface area (Å²) in [5, 5.41) is 23.9. The van der Waals surface area contributed by atoms with Crippen LogP contribution in [0.15, 0.2) is 12.1 Å². The van der Waals surface area contributed by atoms with Crippen molar-refractivity contribution in [3.8, 4) is 0 Å². The first kappa shape index (κ1) is 15.7. The highest BCUT2D eigenvalue weighted by molar-refractivity contribution is 7.18. The lowest BCUT2D eigenvalue weighted by Gasteiger charge is -2.07. The highest BCUT2D eigenvalue weighted by Crippen LogP contribution is 2.32. The molecule has 0 saturated carbocycles. The molecule has 7 heteroatoms. The number of nitrogens with zero attached hydrogens (tertiary/aromatic N) is 2. The number of aryl methyl sites for hydroxylation is 1. The lowest BCUT2D eigenvalue weighted by molar-refractivity contribution is -0.383. The third-order valence-electron chi connectivity index (χ3n) is 3.21. The van der Waals surface area contributed by atoms with Crippen LogP contribution in [0.1, 0.15) is 30.7 Å². The number of aliphatic hydroxyl groups is 1. The summed E-state index contributed by atoms with van der Waals surface area (Å²) >= 11 is 1.46. The molecule has 0 fully saturated rings. The van der Waals surface area contributed by atoms with Gasteiger partial charge in [-0.3, -0.25) is 10.1 Å². The standard InChI is InChI=1S/C14H19N3O3S/c1-10-16-12-8-11(15-6-4-2-3-5-7-18)13(17(19)20)9-14(12)21-10/h8-9,15,18H,2-7H2,1H3. The minimum absolute atomic E-state index is 0.0986. The summed E-state index contributed by atoms with van der Waals surface area (Å²) in [5.41, 5.74) is 1.42. The monoisotopic (exact) mass is 309 g/mol. The number of nitro groups is 1. The van der Waals surface area contributed by atoms with Crippen molar-refractivity contribution in [3.63, 3.8) is 0 Å². The van der Waals surface area contributed by atoms with E-state index in [-0.39, 0.29) is 17.2 Å². The van der Waals surface area contributed by atoms with Crippen molar-refractivity contribution in [2.75, 3.05) is 18.5 Å². The maximum atomic E-state index is 11.2. The van der Waals surface area contributed by atoms with Gasteiger partial charge in [0.2, 0.25) is 0 Å². The van der Waals surface area contributed by atoms with E-state index in [4.69, 9.17) is 5.11 Å². The molecule has 0 amide bonds. The first-order valence-electron chi connectivity index (χ1n) is 7.02. The van der Waals surface area contributed by atoms with E-state index >= 15 is 0 Å². The number of hydrogen-bond donors (Lipinski definition) is 2.